The molecule has 0 atom stereocenters. The van der Waals surface area contributed by atoms with Crippen LogP contribution in [-0.2, 0) is 11.3 Å². The van der Waals surface area contributed by atoms with Crippen LogP contribution in [0.25, 0.3) is 11.3 Å². The summed E-state index contributed by atoms with van der Waals surface area (Å²) in [6.07, 6.45) is 3.63. The van der Waals surface area contributed by atoms with Crippen molar-refractivity contribution in [1.29, 1.82) is 0 Å². The molecular weight excluding hydrogens is 343 g/mol. The molecule has 0 N–H and O–H groups in total. The van der Waals surface area contributed by atoms with E-state index in [4.69, 9.17) is 4.74 Å². The van der Waals surface area contributed by atoms with E-state index < -0.39 is 0 Å². The van der Waals surface area contributed by atoms with Gasteiger partial charge in [0.2, 0.25) is 5.95 Å². The van der Waals surface area contributed by atoms with E-state index in [1.54, 1.807) is 12.3 Å². The van der Waals surface area contributed by atoms with Gasteiger partial charge in [-0.25, -0.2) is 9.37 Å². The Morgan fingerprint density at radius 1 is 1.04 bits per heavy atom. The lowest BCUT2D eigenvalue weighted by Crippen LogP contribution is -2.38. The fraction of sp³-hybridized carbons (Fsp3) is 0.286. The molecular formula is C21H21FN4O. The molecule has 0 aliphatic carbocycles. The number of ether oxygens (including phenoxy) is 1. The minimum atomic E-state index is -0.288. The van der Waals surface area contributed by atoms with E-state index in [0.29, 0.717) is 23.8 Å². The van der Waals surface area contributed by atoms with E-state index in [2.05, 4.69) is 32.2 Å². The lowest BCUT2D eigenvalue weighted by Gasteiger charge is -2.31. The highest BCUT2D eigenvalue weighted by atomic mass is 19.1. The molecule has 0 unspecified atom stereocenters. The molecule has 1 aromatic heterocycles. The molecule has 0 saturated carbocycles. The van der Waals surface area contributed by atoms with Crippen molar-refractivity contribution >= 4 is 5.95 Å². The van der Waals surface area contributed by atoms with E-state index in [-0.39, 0.29) is 11.9 Å². The second-order valence-corrected chi connectivity index (χ2v) is 6.63. The van der Waals surface area contributed by atoms with Gasteiger partial charge in [0.15, 0.2) is 0 Å². The Balaban J connectivity index is 1.36. The third kappa shape index (κ3) is 4.46. The van der Waals surface area contributed by atoms with E-state index in [1.165, 1.54) is 17.7 Å². The van der Waals surface area contributed by atoms with Gasteiger partial charge in [0.05, 0.1) is 24.6 Å². The van der Waals surface area contributed by atoms with Crippen LogP contribution < -0.4 is 4.90 Å². The first kappa shape index (κ1) is 17.5. The van der Waals surface area contributed by atoms with Crippen LogP contribution in [-0.4, -0.2) is 34.4 Å². The Hall–Kier alpha value is -2.86. The number of aromatic nitrogens is 3. The van der Waals surface area contributed by atoms with Gasteiger partial charge in [-0.05, 0) is 30.5 Å². The van der Waals surface area contributed by atoms with Gasteiger partial charge in [0, 0.05) is 18.7 Å². The third-order valence-corrected chi connectivity index (χ3v) is 4.72. The summed E-state index contributed by atoms with van der Waals surface area (Å²) in [5.41, 5.74) is 2.52. The average Bonchev–Trinajstić information content (AvgIpc) is 2.73. The quantitative estimate of drug-likeness (QED) is 0.688. The molecule has 1 aliphatic heterocycles. The predicted molar refractivity (Wildman–Crippen MR) is 102 cm³/mol. The van der Waals surface area contributed by atoms with Crippen molar-refractivity contribution in [1.82, 2.24) is 15.2 Å². The maximum absolute atomic E-state index is 13.5. The number of benzene rings is 2. The number of halogens is 1. The van der Waals surface area contributed by atoms with Crippen molar-refractivity contribution in [2.24, 2.45) is 0 Å². The van der Waals surface area contributed by atoms with Crippen molar-refractivity contribution < 1.29 is 9.13 Å². The van der Waals surface area contributed by atoms with Crippen LogP contribution in [0.2, 0.25) is 0 Å². The summed E-state index contributed by atoms with van der Waals surface area (Å²) in [4.78, 5) is 6.68. The van der Waals surface area contributed by atoms with Crippen LogP contribution in [0.1, 0.15) is 18.4 Å². The molecule has 1 fully saturated rings. The first-order chi connectivity index (χ1) is 13.3. The van der Waals surface area contributed by atoms with Gasteiger partial charge in [-0.2, -0.15) is 5.10 Å². The van der Waals surface area contributed by atoms with Crippen LogP contribution in [0, 0.1) is 5.82 Å². The molecule has 0 radical (unpaired) electrons. The molecule has 2 heterocycles. The zero-order chi connectivity index (χ0) is 18.5. The minimum absolute atomic E-state index is 0.237. The van der Waals surface area contributed by atoms with Crippen LogP contribution in [0.15, 0.2) is 60.8 Å². The van der Waals surface area contributed by atoms with E-state index in [0.717, 1.165) is 25.9 Å². The lowest BCUT2D eigenvalue weighted by molar-refractivity contribution is 0.0249. The molecule has 0 spiro atoms. The van der Waals surface area contributed by atoms with Gasteiger partial charge in [-0.3, -0.25) is 0 Å². The molecule has 0 amide bonds. The Morgan fingerprint density at radius 2 is 1.85 bits per heavy atom. The Labute approximate surface area is 157 Å². The van der Waals surface area contributed by atoms with Crippen LogP contribution >= 0.6 is 0 Å². The van der Waals surface area contributed by atoms with Gasteiger partial charge in [0.1, 0.15) is 5.82 Å². The van der Waals surface area contributed by atoms with Crippen molar-refractivity contribution in [3.63, 3.8) is 0 Å². The summed E-state index contributed by atoms with van der Waals surface area (Å²) >= 11 is 0. The predicted octanol–water partition coefficient (Wildman–Crippen LogP) is 3.86. The molecule has 2 aromatic carbocycles. The molecule has 3 aromatic rings. The Bertz CT molecular complexity index is 882. The van der Waals surface area contributed by atoms with Gasteiger partial charge >= 0.3 is 0 Å². The second kappa shape index (κ2) is 8.22. The van der Waals surface area contributed by atoms with Crippen molar-refractivity contribution in [3.05, 3.63) is 72.2 Å². The van der Waals surface area contributed by atoms with Gasteiger partial charge in [0.25, 0.3) is 0 Å². The zero-order valence-corrected chi connectivity index (χ0v) is 15.0. The van der Waals surface area contributed by atoms with Crippen molar-refractivity contribution in [3.8, 4) is 11.3 Å². The fourth-order valence-corrected chi connectivity index (χ4v) is 3.23. The first-order valence-electron chi connectivity index (χ1n) is 9.14. The molecule has 27 heavy (non-hydrogen) atoms. The number of anilines is 1. The van der Waals surface area contributed by atoms with Gasteiger partial charge in [-0.1, -0.05) is 42.5 Å². The highest BCUT2D eigenvalue weighted by molar-refractivity contribution is 5.59. The summed E-state index contributed by atoms with van der Waals surface area (Å²) in [6.45, 7) is 2.26. The lowest BCUT2D eigenvalue weighted by atomic mass is 10.1. The topological polar surface area (TPSA) is 51.1 Å². The molecule has 6 heteroatoms. The Kier molecular flexibility index (Phi) is 5.34. The third-order valence-electron chi connectivity index (χ3n) is 4.72. The summed E-state index contributed by atoms with van der Waals surface area (Å²) in [5, 5.41) is 8.21. The summed E-state index contributed by atoms with van der Waals surface area (Å²) < 4.78 is 19.5. The van der Waals surface area contributed by atoms with Crippen LogP contribution in [0.3, 0.4) is 0 Å². The minimum Gasteiger partial charge on any atom is -0.373 e. The highest BCUT2D eigenvalue weighted by Crippen LogP contribution is 2.22. The smallest absolute Gasteiger partial charge is 0.245 e. The number of nitrogens with zero attached hydrogens (tertiary/aromatic N) is 4. The van der Waals surface area contributed by atoms with Crippen molar-refractivity contribution in [2.45, 2.75) is 25.6 Å². The number of piperidine rings is 1. The second-order valence-electron chi connectivity index (χ2n) is 6.63. The zero-order valence-electron chi connectivity index (χ0n) is 15.0. The first-order valence-corrected chi connectivity index (χ1v) is 9.14. The molecule has 1 aliphatic rings. The van der Waals surface area contributed by atoms with Gasteiger partial charge < -0.3 is 9.64 Å². The highest BCUT2D eigenvalue weighted by Gasteiger charge is 2.22. The largest absolute Gasteiger partial charge is 0.373 e. The monoisotopic (exact) mass is 364 g/mol. The molecule has 0 bridgehead atoms. The maximum Gasteiger partial charge on any atom is 0.245 e. The maximum atomic E-state index is 13.5. The van der Waals surface area contributed by atoms with Crippen LogP contribution in [0.4, 0.5) is 10.3 Å². The number of hydrogen-bond acceptors (Lipinski definition) is 5. The molecule has 4 rings (SSSR count). The summed E-state index contributed by atoms with van der Waals surface area (Å²) in [6, 6.07) is 16.6. The Morgan fingerprint density at radius 3 is 2.63 bits per heavy atom. The fourth-order valence-electron chi connectivity index (χ4n) is 3.23. The number of hydrogen-bond donors (Lipinski definition) is 0. The van der Waals surface area contributed by atoms with E-state index >= 15 is 0 Å². The summed E-state index contributed by atoms with van der Waals surface area (Å²) in [5.74, 6) is 0.294. The van der Waals surface area contributed by atoms with E-state index in [9.17, 15) is 4.39 Å². The number of rotatable bonds is 5. The SMILES string of the molecule is Fc1cccc(-c2cnnc(N3CCC(OCc4ccccc4)CC3)n2)c1. The summed E-state index contributed by atoms with van der Waals surface area (Å²) in [7, 11) is 0. The standard InChI is InChI=1S/C21H21FN4O/c22-18-8-4-7-17(13-18)20-14-23-25-21(24-20)26-11-9-19(10-12-26)27-15-16-5-2-1-3-6-16/h1-8,13-14,19H,9-12,15H2. The van der Waals surface area contributed by atoms with Gasteiger partial charge in [-0.15, -0.1) is 5.10 Å². The molecule has 138 valence electrons. The molecule has 5 nitrogen and oxygen atoms in total. The van der Waals surface area contributed by atoms with E-state index in [1.807, 2.05) is 24.3 Å². The van der Waals surface area contributed by atoms with Crippen molar-refractivity contribution in [2.75, 3.05) is 18.0 Å². The molecule has 1 saturated heterocycles. The van der Waals surface area contributed by atoms with Crippen LogP contribution in [0.5, 0.6) is 0 Å². The normalized spacial score (nSPS) is 15.1. The average molecular weight is 364 g/mol.